The average molecular weight is 1380 g/mol. The first-order valence-electron chi connectivity index (χ1n) is 39.0. The Bertz CT molecular complexity index is 1820. The van der Waals surface area contributed by atoms with Crippen molar-refractivity contribution in [2.24, 2.45) is 11.8 Å². The smallest absolute Gasteiger partial charge is 0.462 e. The van der Waals surface area contributed by atoms with Crippen LogP contribution in [0.5, 0.6) is 0 Å². The molecule has 17 nitrogen and oxygen atoms in total. The first kappa shape index (κ1) is 92.1. The number of ether oxygens (including phenoxy) is 4. The van der Waals surface area contributed by atoms with Crippen molar-refractivity contribution in [3.8, 4) is 0 Å². The minimum Gasteiger partial charge on any atom is -0.462 e. The molecule has 0 aliphatic heterocycles. The van der Waals surface area contributed by atoms with E-state index < -0.39 is 97.5 Å². The molecule has 0 fully saturated rings. The van der Waals surface area contributed by atoms with Crippen LogP contribution >= 0.6 is 15.6 Å². The zero-order valence-corrected chi connectivity index (χ0v) is 63.1. The Hall–Kier alpha value is -1.94. The molecule has 3 unspecified atom stereocenters. The maximum Gasteiger partial charge on any atom is 0.472 e. The summed E-state index contributed by atoms with van der Waals surface area (Å²) in [4.78, 5) is 72.7. The lowest BCUT2D eigenvalue weighted by molar-refractivity contribution is -0.161. The summed E-state index contributed by atoms with van der Waals surface area (Å²) in [5, 5.41) is 10.6. The van der Waals surface area contributed by atoms with Crippen LogP contribution in [0.25, 0.3) is 0 Å². The molecule has 0 spiro atoms. The van der Waals surface area contributed by atoms with Gasteiger partial charge < -0.3 is 33.8 Å². The van der Waals surface area contributed by atoms with Gasteiger partial charge in [-0.15, -0.1) is 0 Å². The highest BCUT2D eigenvalue weighted by Gasteiger charge is 2.30. The van der Waals surface area contributed by atoms with Crippen LogP contribution < -0.4 is 0 Å². The quantitative estimate of drug-likeness (QED) is 0.0222. The van der Waals surface area contributed by atoms with Crippen molar-refractivity contribution < 1.29 is 80.2 Å². The van der Waals surface area contributed by atoms with Crippen molar-refractivity contribution in [2.75, 3.05) is 39.6 Å². The maximum atomic E-state index is 13.1. The summed E-state index contributed by atoms with van der Waals surface area (Å²) in [6.07, 6.45) is 54.0. The van der Waals surface area contributed by atoms with E-state index in [4.69, 9.17) is 37.0 Å². The van der Waals surface area contributed by atoms with Crippen molar-refractivity contribution in [3.63, 3.8) is 0 Å². The fourth-order valence-corrected chi connectivity index (χ4v) is 13.0. The summed E-state index contributed by atoms with van der Waals surface area (Å²) in [6.45, 7) is 9.61. The van der Waals surface area contributed by atoms with E-state index >= 15 is 0 Å². The molecule has 0 aromatic carbocycles. The van der Waals surface area contributed by atoms with Crippen LogP contribution in [0.2, 0.25) is 0 Å². The Morgan fingerprint density at radius 2 is 0.543 bits per heavy atom. The van der Waals surface area contributed by atoms with Gasteiger partial charge in [-0.3, -0.25) is 37.3 Å². The fraction of sp³-hybridized carbons (Fsp3) is 0.947. The van der Waals surface area contributed by atoms with Crippen molar-refractivity contribution in [1.82, 2.24) is 0 Å². The molecule has 0 heterocycles. The molecule has 19 heteroatoms. The van der Waals surface area contributed by atoms with Crippen molar-refractivity contribution in [2.45, 2.75) is 407 Å². The number of hydrogen-bond acceptors (Lipinski definition) is 15. The second-order valence-corrected chi connectivity index (χ2v) is 30.7. The molecule has 0 aliphatic rings. The Morgan fingerprint density at radius 3 is 0.809 bits per heavy atom. The molecular weight excluding hydrogens is 1230 g/mol. The summed E-state index contributed by atoms with van der Waals surface area (Å²) in [5.41, 5.74) is 0. The van der Waals surface area contributed by atoms with E-state index in [0.29, 0.717) is 25.7 Å². The van der Waals surface area contributed by atoms with Gasteiger partial charge in [-0.05, 0) is 37.5 Å². The largest absolute Gasteiger partial charge is 0.472 e. The van der Waals surface area contributed by atoms with Crippen LogP contribution in [-0.2, 0) is 65.4 Å². The highest BCUT2D eigenvalue weighted by Crippen LogP contribution is 2.45. The van der Waals surface area contributed by atoms with Crippen LogP contribution in [0.4, 0.5) is 0 Å². The molecule has 558 valence electrons. The standard InChI is InChI=1S/C75H146O17P2/c1-7-10-12-14-16-18-19-20-21-22-23-24-27-35-41-47-53-59-74(79)91-71(64-86-73(78)58-52-46-40-34-28-25-26-32-37-43-49-55-67(4)5)66-90-94(83,84)88-62-69(76)61-87-93(81,82)89-65-70(63-85-72(77)57-51-45-39-31-17-15-13-11-8-2)92-75(80)60-54-48-42-36-30-29-33-38-44-50-56-68(6)9-3/h67-71,76H,7-66H2,1-6H3,(H,81,82)(H,83,84)/t68?,69-,70+,71+/m0/s1. The molecule has 3 N–H and O–H groups in total. The SMILES string of the molecule is CCCCCCCCCCCCCCCCCCCC(=O)O[C@H](COC(=O)CCCCCCCCCCCCCC(C)C)COP(=O)(O)OC[C@@H](O)COP(=O)(O)OC[C@@H](COC(=O)CCCCCCCCCCC)OC(=O)CCCCCCCCCCCCC(C)CC. The predicted molar refractivity (Wildman–Crippen MR) is 381 cm³/mol. The van der Waals surface area contributed by atoms with Gasteiger partial charge in [0.1, 0.15) is 19.3 Å². The second kappa shape index (κ2) is 66.9. The molecule has 6 atom stereocenters. The number of aliphatic hydroxyl groups is 1. The number of carbonyl (C=O) groups is 4. The summed E-state index contributed by atoms with van der Waals surface area (Å²) < 4.78 is 68.5. The van der Waals surface area contributed by atoms with Crippen molar-refractivity contribution in [3.05, 3.63) is 0 Å². The van der Waals surface area contributed by atoms with E-state index in [2.05, 4.69) is 41.5 Å². The minimum absolute atomic E-state index is 0.106. The number of phosphoric acid groups is 2. The summed E-state index contributed by atoms with van der Waals surface area (Å²) in [6, 6.07) is 0. The lowest BCUT2D eigenvalue weighted by Crippen LogP contribution is -2.30. The third-order valence-electron chi connectivity index (χ3n) is 17.8. The van der Waals surface area contributed by atoms with Crippen LogP contribution in [0.15, 0.2) is 0 Å². The molecule has 94 heavy (non-hydrogen) atoms. The minimum atomic E-state index is -4.96. The molecule has 0 amide bonds. The molecular formula is C75H146O17P2. The van der Waals surface area contributed by atoms with Gasteiger partial charge in [0.15, 0.2) is 12.2 Å². The lowest BCUT2D eigenvalue weighted by Gasteiger charge is -2.21. The van der Waals surface area contributed by atoms with Gasteiger partial charge in [0.05, 0.1) is 26.4 Å². The first-order chi connectivity index (χ1) is 45.4. The third kappa shape index (κ3) is 67.3. The van der Waals surface area contributed by atoms with Crippen molar-refractivity contribution >= 4 is 39.5 Å². The van der Waals surface area contributed by atoms with Crippen LogP contribution in [-0.4, -0.2) is 96.7 Å². The number of phosphoric ester groups is 2. The molecule has 0 aromatic rings. The van der Waals surface area contributed by atoms with Gasteiger partial charge >= 0.3 is 39.5 Å². The number of aliphatic hydroxyl groups excluding tert-OH is 1. The van der Waals surface area contributed by atoms with E-state index in [-0.39, 0.29) is 25.7 Å². The van der Waals surface area contributed by atoms with E-state index in [1.807, 2.05) is 0 Å². The average Bonchev–Trinajstić information content (AvgIpc) is 1.25. The zero-order valence-electron chi connectivity index (χ0n) is 61.3. The van der Waals surface area contributed by atoms with E-state index in [1.54, 1.807) is 0 Å². The zero-order chi connectivity index (χ0) is 69.3. The number of carbonyl (C=O) groups excluding carboxylic acids is 4. The lowest BCUT2D eigenvalue weighted by atomic mass is 9.99. The summed E-state index contributed by atoms with van der Waals surface area (Å²) in [5.74, 6) is -0.543. The number of unbranched alkanes of at least 4 members (excludes halogenated alkanes) is 43. The van der Waals surface area contributed by atoms with Crippen LogP contribution in [0.3, 0.4) is 0 Å². The van der Waals surface area contributed by atoms with Crippen molar-refractivity contribution in [1.29, 1.82) is 0 Å². The highest BCUT2D eigenvalue weighted by atomic mass is 31.2. The van der Waals surface area contributed by atoms with Gasteiger partial charge in [-0.25, -0.2) is 9.13 Å². The highest BCUT2D eigenvalue weighted by molar-refractivity contribution is 7.47. The number of esters is 4. The second-order valence-electron chi connectivity index (χ2n) is 27.8. The molecule has 0 bridgehead atoms. The predicted octanol–water partition coefficient (Wildman–Crippen LogP) is 21.9. The van der Waals surface area contributed by atoms with Crippen LogP contribution in [0.1, 0.15) is 388 Å². The topological polar surface area (TPSA) is 237 Å². The van der Waals surface area contributed by atoms with Gasteiger partial charge in [-0.2, -0.15) is 0 Å². The fourth-order valence-electron chi connectivity index (χ4n) is 11.4. The van der Waals surface area contributed by atoms with Gasteiger partial charge in [0, 0.05) is 25.7 Å². The Labute approximate surface area is 575 Å². The van der Waals surface area contributed by atoms with Gasteiger partial charge in [-0.1, -0.05) is 337 Å². The number of rotatable bonds is 74. The molecule has 0 saturated heterocycles. The maximum absolute atomic E-state index is 13.1. The summed E-state index contributed by atoms with van der Waals surface area (Å²) in [7, 11) is -9.91. The third-order valence-corrected chi connectivity index (χ3v) is 19.7. The van der Waals surface area contributed by atoms with E-state index in [9.17, 15) is 43.2 Å². The molecule has 0 saturated carbocycles. The molecule has 0 aliphatic carbocycles. The summed E-state index contributed by atoms with van der Waals surface area (Å²) >= 11 is 0. The van der Waals surface area contributed by atoms with Gasteiger partial charge in [0.25, 0.3) is 0 Å². The number of hydrogen-bond donors (Lipinski definition) is 3. The van der Waals surface area contributed by atoms with Crippen LogP contribution in [0, 0.1) is 11.8 Å². The molecule has 0 rings (SSSR count). The molecule has 0 radical (unpaired) electrons. The Balaban J connectivity index is 5.24. The van der Waals surface area contributed by atoms with Gasteiger partial charge in [0.2, 0.25) is 0 Å². The first-order valence-corrected chi connectivity index (χ1v) is 42.0. The molecule has 0 aromatic heterocycles. The Morgan fingerprint density at radius 1 is 0.309 bits per heavy atom. The van der Waals surface area contributed by atoms with E-state index in [0.717, 1.165) is 102 Å². The van der Waals surface area contributed by atoms with E-state index in [1.165, 1.54) is 205 Å². The normalized spacial score (nSPS) is 14.3. The monoisotopic (exact) mass is 1380 g/mol. The Kier molecular flexibility index (Phi) is 65.5.